The summed E-state index contributed by atoms with van der Waals surface area (Å²) in [4.78, 5) is 14.2. The number of hydrogen-bond acceptors (Lipinski definition) is 3. The number of rotatable bonds is 5. The summed E-state index contributed by atoms with van der Waals surface area (Å²) in [6.45, 7) is 6.31. The van der Waals surface area contributed by atoms with Gasteiger partial charge in [0.1, 0.15) is 10.9 Å². The molecule has 1 N–H and O–H groups in total. The third-order valence-electron chi connectivity index (χ3n) is 4.81. The predicted octanol–water partition coefficient (Wildman–Crippen LogP) is 6.90. The second-order valence-corrected chi connectivity index (χ2v) is 8.17. The Bertz CT molecular complexity index is 1140. The third kappa shape index (κ3) is 4.66. The summed E-state index contributed by atoms with van der Waals surface area (Å²) in [5.74, 6) is 0.849. The zero-order chi connectivity index (χ0) is 20.2. The molecule has 0 atom stereocenters. The van der Waals surface area contributed by atoms with Gasteiger partial charge in [-0.1, -0.05) is 65.9 Å². The Kier molecular flexibility index (Phi) is 5.63. The van der Waals surface area contributed by atoms with Crippen molar-refractivity contribution >= 4 is 23.7 Å². The molecule has 0 aliphatic heterocycles. The summed E-state index contributed by atoms with van der Waals surface area (Å²) in [6.07, 6.45) is 1.88. The van der Waals surface area contributed by atoms with E-state index in [9.17, 15) is 0 Å². The van der Waals surface area contributed by atoms with Crippen LogP contribution in [0.1, 0.15) is 22.4 Å². The molecule has 0 unspecified atom stereocenters. The van der Waals surface area contributed by atoms with Crippen LogP contribution < -0.4 is 0 Å². The van der Waals surface area contributed by atoms with Gasteiger partial charge in [-0.25, -0.2) is 4.98 Å². The van der Waals surface area contributed by atoms with E-state index in [1.165, 1.54) is 16.7 Å². The van der Waals surface area contributed by atoms with Gasteiger partial charge in [0.2, 0.25) is 0 Å². The van der Waals surface area contributed by atoms with E-state index in [0.717, 1.165) is 32.7 Å². The molecular formula is C25H23N3S. The van der Waals surface area contributed by atoms with E-state index >= 15 is 0 Å². The molecule has 144 valence electrons. The molecule has 0 saturated heterocycles. The summed E-state index contributed by atoms with van der Waals surface area (Å²) in [5, 5.41) is 0.917. The van der Waals surface area contributed by atoms with Crippen molar-refractivity contribution < 1.29 is 0 Å². The van der Waals surface area contributed by atoms with Gasteiger partial charge in [0.15, 0.2) is 0 Å². The number of aliphatic imine (C=N–C) groups is 1. The van der Waals surface area contributed by atoms with Gasteiger partial charge >= 0.3 is 0 Å². The molecule has 0 fully saturated rings. The fraction of sp³-hybridized carbons (Fsp3) is 0.120. The molecule has 3 aromatic carbocycles. The van der Waals surface area contributed by atoms with E-state index < -0.39 is 0 Å². The molecule has 4 rings (SSSR count). The Morgan fingerprint density at radius 2 is 1.62 bits per heavy atom. The van der Waals surface area contributed by atoms with Crippen molar-refractivity contribution in [1.29, 1.82) is 0 Å². The Labute approximate surface area is 176 Å². The topological polar surface area (TPSA) is 41.0 Å². The summed E-state index contributed by atoms with van der Waals surface area (Å²) in [5.41, 5.74) is 6.67. The predicted molar refractivity (Wildman–Crippen MR) is 122 cm³/mol. The number of aromatic nitrogens is 2. The molecule has 0 aliphatic rings. The number of nitrogens with zero attached hydrogens (tertiary/aromatic N) is 2. The standard InChI is InChI=1S/C25H23N3S/c1-17-9-13-22(14-10-17)29-25-23(16-26-21-12-11-18(2)19(3)15-21)27-24(28-25)20-7-5-4-6-8-20/h4-16H,1-3H3,(H,27,28). The molecule has 0 saturated carbocycles. The highest BCUT2D eigenvalue weighted by atomic mass is 32.2. The molecule has 29 heavy (non-hydrogen) atoms. The first-order chi connectivity index (χ1) is 14.1. The van der Waals surface area contributed by atoms with Gasteiger partial charge < -0.3 is 4.98 Å². The van der Waals surface area contributed by atoms with E-state index in [0.29, 0.717) is 0 Å². The zero-order valence-electron chi connectivity index (χ0n) is 16.8. The minimum atomic E-state index is 0.849. The SMILES string of the molecule is Cc1ccc(Sc2nc(-c3ccccc3)[nH]c2C=Nc2ccc(C)c(C)c2)cc1. The summed E-state index contributed by atoms with van der Waals surface area (Å²) in [6, 6.07) is 24.9. The van der Waals surface area contributed by atoms with Gasteiger partial charge in [0.25, 0.3) is 0 Å². The van der Waals surface area contributed by atoms with E-state index in [1.807, 2.05) is 30.5 Å². The van der Waals surface area contributed by atoms with Crippen LogP contribution in [0, 0.1) is 20.8 Å². The van der Waals surface area contributed by atoms with Crippen molar-refractivity contribution in [2.45, 2.75) is 30.7 Å². The molecule has 4 aromatic rings. The van der Waals surface area contributed by atoms with Crippen LogP contribution in [0.4, 0.5) is 5.69 Å². The highest BCUT2D eigenvalue weighted by molar-refractivity contribution is 7.99. The van der Waals surface area contributed by atoms with Crippen molar-refractivity contribution in [3.63, 3.8) is 0 Å². The monoisotopic (exact) mass is 397 g/mol. The Morgan fingerprint density at radius 3 is 2.34 bits per heavy atom. The van der Waals surface area contributed by atoms with Gasteiger partial charge in [-0.3, -0.25) is 4.99 Å². The molecule has 0 radical (unpaired) electrons. The number of H-pyrrole nitrogens is 1. The smallest absolute Gasteiger partial charge is 0.139 e. The van der Waals surface area contributed by atoms with Crippen LogP contribution in [0.5, 0.6) is 0 Å². The largest absolute Gasteiger partial charge is 0.336 e. The maximum atomic E-state index is 4.86. The molecule has 0 spiro atoms. The summed E-state index contributed by atoms with van der Waals surface area (Å²) >= 11 is 1.65. The molecule has 0 amide bonds. The van der Waals surface area contributed by atoms with Gasteiger partial charge in [0.05, 0.1) is 17.6 Å². The minimum Gasteiger partial charge on any atom is -0.336 e. The first-order valence-corrected chi connectivity index (χ1v) is 10.4. The van der Waals surface area contributed by atoms with E-state index in [2.05, 4.69) is 74.3 Å². The molecule has 1 aromatic heterocycles. The van der Waals surface area contributed by atoms with Crippen LogP contribution in [0.15, 0.2) is 87.7 Å². The van der Waals surface area contributed by atoms with Crippen molar-refractivity contribution in [2.24, 2.45) is 4.99 Å². The Hall–Kier alpha value is -3.11. The Balaban J connectivity index is 1.69. The van der Waals surface area contributed by atoms with Gasteiger partial charge in [-0.15, -0.1) is 0 Å². The van der Waals surface area contributed by atoms with E-state index in [1.54, 1.807) is 11.8 Å². The fourth-order valence-corrected chi connectivity index (χ4v) is 3.78. The lowest BCUT2D eigenvalue weighted by Crippen LogP contribution is -1.86. The molecule has 0 aliphatic carbocycles. The van der Waals surface area contributed by atoms with Gasteiger partial charge in [0, 0.05) is 10.5 Å². The number of aryl methyl sites for hydroxylation is 3. The lowest BCUT2D eigenvalue weighted by Gasteiger charge is -2.01. The number of imidazole rings is 1. The quantitative estimate of drug-likeness (QED) is 0.372. The zero-order valence-corrected chi connectivity index (χ0v) is 17.6. The lowest BCUT2D eigenvalue weighted by atomic mass is 10.1. The van der Waals surface area contributed by atoms with Crippen molar-refractivity contribution in [2.75, 3.05) is 0 Å². The molecule has 1 heterocycles. The van der Waals surface area contributed by atoms with Crippen LogP contribution in [-0.2, 0) is 0 Å². The maximum Gasteiger partial charge on any atom is 0.139 e. The molecule has 3 nitrogen and oxygen atoms in total. The number of hydrogen-bond donors (Lipinski definition) is 1. The first-order valence-electron chi connectivity index (χ1n) is 9.60. The third-order valence-corrected chi connectivity index (χ3v) is 5.83. The average molecular weight is 398 g/mol. The second-order valence-electron chi connectivity index (χ2n) is 7.11. The van der Waals surface area contributed by atoms with Crippen molar-refractivity contribution in [3.05, 3.63) is 95.2 Å². The summed E-state index contributed by atoms with van der Waals surface area (Å²) in [7, 11) is 0. The van der Waals surface area contributed by atoms with Gasteiger partial charge in [-0.2, -0.15) is 0 Å². The summed E-state index contributed by atoms with van der Waals surface area (Å²) < 4.78 is 0. The second kappa shape index (κ2) is 8.50. The number of aromatic amines is 1. The maximum absolute atomic E-state index is 4.86. The Morgan fingerprint density at radius 1 is 0.862 bits per heavy atom. The van der Waals surface area contributed by atoms with E-state index in [-0.39, 0.29) is 0 Å². The van der Waals surface area contributed by atoms with Crippen molar-refractivity contribution in [3.8, 4) is 11.4 Å². The average Bonchev–Trinajstić information content (AvgIpc) is 3.14. The minimum absolute atomic E-state index is 0.849. The highest BCUT2D eigenvalue weighted by Crippen LogP contribution is 2.31. The number of nitrogens with one attached hydrogen (secondary N) is 1. The van der Waals surface area contributed by atoms with Crippen LogP contribution in [0.3, 0.4) is 0 Å². The molecule has 4 heteroatoms. The molecular weight excluding hydrogens is 374 g/mol. The lowest BCUT2D eigenvalue weighted by molar-refractivity contribution is 1.19. The van der Waals surface area contributed by atoms with Crippen molar-refractivity contribution in [1.82, 2.24) is 9.97 Å². The van der Waals surface area contributed by atoms with Crippen LogP contribution in [0.2, 0.25) is 0 Å². The van der Waals surface area contributed by atoms with Gasteiger partial charge in [-0.05, 0) is 56.2 Å². The fourth-order valence-electron chi connectivity index (χ4n) is 2.93. The van der Waals surface area contributed by atoms with Crippen LogP contribution >= 0.6 is 11.8 Å². The first kappa shape index (κ1) is 19.2. The normalized spacial score (nSPS) is 11.3. The molecule has 0 bridgehead atoms. The highest BCUT2D eigenvalue weighted by Gasteiger charge is 2.12. The van der Waals surface area contributed by atoms with Crippen LogP contribution in [0.25, 0.3) is 11.4 Å². The number of benzene rings is 3. The van der Waals surface area contributed by atoms with E-state index in [4.69, 9.17) is 9.98 Å². The van der Waals surface area contributed by atoms with Crippen LogP contribution in [-0.4, -0.2) is 16.2 Å².